The number of aliphatic hydroxyl groups excluding tert-OH is 1. The molecule has 2 atom stereocenters. The number of aliphatic hydroxyl groups is 1. The Kier molecular flexibility index (Phi) is 3.25. The van der Waals surface area contributed by atoms with Gasteiger partial charge in [0.05, 0.1) is 12.1 Å². The number of rotatable bonds is 1. The summed E-state index contributed by atoms with van der Waals surface area (Å²) < 4.78 is 5.67. The highest BCUT2D eigenvalue weighted by Crippen LogP contribution is 2.33. The molecule has 1 aromatic carbocycles. The summed E-state index contributed by atoms with van der Waals surface area (Å²) in [4.78, 5) is 0. The van der Waals surface area contributed by atoms with Gasteiger partial charge in [0.2, 0.25) is 0 Å². The molecule has 0 unspecified atom stereocenters. The van der Waals surface area contributed by atoms with Crippen molar-refractivity contribution in [3.63, 3.8) is 0 Å². The van der Waals surface area contributed by atoms with Crippen LogP contribution in [0.1, 0.15) is 29.5 Å². The van der Waals surface area contributed by atoms with Gasteiger partial charge < -0.3 is 14.8 Å². The fraction of sp³-hybridized carbons (Fsp3) is 0.333. The Hall–Kier alpha value is -1.45. The van der Waals surface area contributed by atoms with E-state index in [4.69, 9.17) is 16.0 Å². The van der Waals surface area contributed by atoms with E-state index < -0.39 is 6.10 Å². The van der Waals surface area contributed by atoms with E-state index in [1.165, 1.54) is 0 Å². The van der Waals surface area contributed by atoms with Crippen LogP contribution in [0.25, 0.3) is 0 Å². The molecule has 0 aliphatic carbocycles. The van der Waals surface area contributed by atoms with E-state index in [1.54, 1.807) is 0 Å². The highest BCUT2D eigenvalue weighted by atomic mass is 35.5. The van der Waals surface area contributed by atoms with Crippen molar-refractivity contribution in [3.05, 3.63) is 52.4 Å². The zero-order chi connectivity index (χ0) is 13.4. The molecule has 0 spiro atoms. The Bertz CT molecular complexity index is 594. The summed E-state index contributed by atoms with van der Waals surface area (Å²) in [6.45, 7) is 1.92. The monoisotopic (exact) mass is 277 g/mol. The van der Waals surface area contributed by atoms with E-state index in [-0.39, 0.29) is 6.04 Å². The number of hydrogen-bond acceptors (Lipinski definition) is 3. The van der Waals surface area contributed by atoms with Gasteiger partial charge in [-0.1, -0.05) is 11.6 Å². The Morgan fingerprint density at radius 2 is 2.16 bits per heavy atom. The van der Waals surface area contributed by atoms with E-state index in [0.717, 1.165) is 22.8 Å². The highest BCUT2D eigenvalue weighted by Gasteiger charge is 2.24. The molecule has 100 valence electrons. The average molecular weight is 278 g/mol. The van der Waals surface area contributed by atoms with Crippen molar-refractivity contribution in [3.8, 4) is 0 Å². The number of anilines is 1. The van der Waals surface area contributed by atoms with Gasteiger partial charge in [0, 0.05) is 23.6 Å². The molecule has 3 nitrogen and oxygen atoms in total. The maximum absolute atomic E-state index is 10.1. The molecule has 4 heteroatoms. The third-order valence-corrected chi connectivity index (χ3v) is 3.70. The highest BCUT2D eigenvalue weighted by molar-refractivity contribution is 6.30. The van der Waals surface area contributed by atoms with Crippen LogP contribution in [-0.2, 0) is 6.42 Å². The Morgan fingerprint density at radius 1 is 1.32 bits per heavy atom. The average Bonchev–Trinajstić information content (AvgIpc) is 2.70. The number of fused-ring (bicyclic) bond motifs is 1. The van der Waals surface area contributed by atoms with Gasteiger partial charge in [-0.15, -0.1) is 0 Å². The molecule has 1 aliphatic rings. The quantitative estimate of drug-likeness (QED) is 0.835. The van der Waals surface area contributed by atoms with Gasteiger partial charge in [0.1, 0.15) is 11.5 Å². The van der Waals surface area contributed by atoms with Crippen molar-refractivity contribution in [2.45, 2.75) is 31.9 Å². The molecule has 2 aromatic rings. The van der Waals surface area contributed by atoms with Gasteiger partial charge in [-0.05, 0) is 42.8 Å². The molecule has 3 rings (SSSR count). The van der Waals surface area contributed by atoms with Gasteiger partial charge in [-0.3, -0.25) is 0 Å². The summed E-state index contributed by atoms with van der Waals surface area (Å²) >= 11 is 6.01. The maximum Gasteiger partial charge on any atom is 0.126 e. The molecule has 0 saturated heterocycles. The largest absolute Gasteiger partial charge is 0.464 e. The molecule has 0 amide bonds. The van der Waals surface area contributed by atoms with Crippen LogP contribution in [0, 0.1) is 6.92 Å². The van der Waals surface area contributed by atoms with E-state index >= 15 is 0 Å². The summed E-state index contributed by atoms with van der Waals surface area (Å²) in [5.41, 5.74) is 2.06. The minimum absolute atomic E-state index is 0.00822. The summed E-state index contributed by atoms with van der Waals surface area (Å²) in [5, 5.41) is 14.3. The molecule has 1 aliphatic heterocycles. The minimum Gasteiger partial charge on any atom is -0.464 e. The zero-order valence-corrected chi connectivity index (χ0v) is 11.4. The first-order chi connectivity index (χ1) is 9.11. The molecular formula is C15H16ClNO2. The summed E-state index contributed by atoms with van der Waals surface area (Å²) in [7, 11) is 0. The number of benzene rings is 1. The van der Waals surface area contributed by atoms with E-state index in [2.05, 4.69) is 5.32 Å². The predicted octanol–water partition coefficient (Wildman–Crippen LogP) is 3.70. The van der Waals surface area contributed by atoms with Crippen LogP contribution in [0.3, 0.4) is 0 Å². The number of aryl methyl sites for hydroxylation is 1. The van der Waals surface area contributed by atoms with E-state index in [9.17, 15) is 5.11 Å². The molecule has 0 saturated carbocycles. The molecule has 2 N–H and O–H groups in total. The second-order valence-corrected chi connectivity index (χ2v) is 5.48. The first-order valence-electron chi connectivity index (χ1n) is 6.41. The SMILES string of the molecule is Cc1ccc([C@@H]2C[C@H](O)Cc3cc(Cl)ccc3N2)o1. The second kappa shape index (κ2) is 4.91. The van der Waals surface area contributed by atoms with E-state index in [0.29, 0.717) is 17.9 Å². The van der Waals surface area contributed by atoms with Crippen LogP contribution in [-0.4, -0.2) is 11.2 Å². The van der Waals surface area contributed by atoms with Gasteiger partial charge >= 0.3 is 0 Å². The van der Waals surface area contributed by atoms with Crippen molar-refractivity contribution in [1.29, 1.82) is 0 Å². The van der Waals surface area contributed by atoms with Crippen molar-refractivity contribution in [2.75, 3.05) is 5.32 Å². The van der Waals surface area contributed by atoms with Crippen LogP contribution < -0.4 is 5.32 Å². The Balaban J connectivity index is 1.95. The smallest absolute Gasteiger partial charge is 0.126 e. The summed E-state index contributed by atoms with van der Waals surface area (Å²) in [6.07, 6.45) is 0.834. The maximum atomic E-state index is 10.1. The first kappa shape index (κ1) is 12.6. The van der Waals surface area contributed by atoms with Gasteiger partial charge in [-0.25, -0.2) is 0 Å². The number of nitrogens with one attached hydrogen (secondary N) is 1. The van der Waals surface area contributed by atoms with Crippen LogP contribution in [0.15, 0.2) is 34.7 Å². The lowest BCUT2D eigenvalue weighted by molar-refractivity contribution is 0.157. The Morgan fingerprint density at radius 3 is 2.89 bits per heavy atom. The molecule has 0 fully saturated rings. The van der Waals surface area contributed by atoms with Crippen LogP contribution in [0.4, 0.5) is 5.69 Å². The number of hydrogen-bond donors (Lipinski definition) is 2. The number of halogens is 1. The first-order valence-corrected chi connectivity index (χ1v) is 6.79. The molecule has 19 heavy (non-hydrogen) atoms. The van der Waals surface area contributed by atoms with Crippen molar-refractivity contribution < 1.29 is 9.52 Å². The predicted molar refractivity (Wildman–Crippen MR) is 75.6 cm³/mol. The Labute approximate surface area is 117 Å². The van der Waals surface area contributed by atoms with Crippen LogP contribution in [0.2, 0.25) is 5.02 Å². The fourth-order valence-electron chi connectivity index (χ4n) is 2.56. The fourth-order valence-corrected chi connectivity index (χ4v) is 2.75. The zero-order valence-electron chi connectivity index (χ0n) is 10.7. The lowest BCUT2D eigenvalue weighted by Gasteiger charge is -2.17. The minimum atomic E-state index is -0.400. The van der Waals surface area contributed by atoms with Crippen molar-refractivity contribution in [1.82, 2.24) is 0 Å². The molecule has 1 aromatic heterocycles. The third-order valence-electron chi connectivity index (χ3n) is 3.46. The molecule has 0 bridgehead atoms. The van der Waals surface area contributed by atoms with Gasteiger partial charge in [0.15, 0.2) is 0 Å². The summed E-state index contributed by atoms with van der Waals surface area (Å²) in [6, 6.07) is 9.61. The molecular weight excluding hydrogens is 262 g/mol. The normalized spacial score (nSPS) is 22.5. The van der Waals surface area contributed by atoms with Crippen molar-refractivity contribution in [2.24, 2.45) is 0 Å². The number of furan rings is 1. The third kappa shape index (κ3) is 2.62. The second-order valence-electron chi connectivity index (χ2n) is 5.04. The van der Waals surface area contributed by atoms with Gasteiger partial charge in [-0.2, -0.15) is 0 Å². The van der Waals surface area contributed by atoms with E-state index in [1.807, 2.05) is 37.3 Å². The lowest BCUT2D eigenvalue weighted by atomic mass is 10.0. The van der Waals surface area contributed by atoms with Crippen LogP contribution >= 0.6 is 11.6 Å². The molecule has 0 radical (unpaired) electrons. The van der Waals surface area contributed by atoms with Crippen LogP contribution in [0.5, 0.6) is 0 Å². The molecule has 2 heterocycles. The standard InChI is InChI=1S/C15H16ClNO2/c1-9-2-5-15(19-9)14-8-12(18)7-10-6-11(16)3-4-13(10)17-14/h2-6,12,14,17-18H,7-8H2,1H3/t12-,14+/m1/s1. The lowest BCUT2D eigenvalue weighted by Crippen LogP contribution is -2.15. The van der Waals surface area contributed by atoms with Crippen molar-refractivity contribution >= 4 is 17.3 Å². The summed E-state index contributed by atoms with van der Waals surface area (Å²) in [5.74, 6) is 1.74. The topological polar surface area (TPSA) is 45.4 Å². The van der Waals surface area contributed by atoms with Gasteiger partial charge in [0.25, 0.3) is 0 Å².